The van der Waals surface area contributed by atoms with Crippen molar-refractivity contribution in [3.05, 3.63) is 155 Å². The zero-order valence-corrected chi connectivity index (χ0v) is 27.7. The van der Waals surface area contributed by atoms with E-state index in [1.165, 1.54) is 24.3 Å². The lowest BCUT2D eigenvalue weighted by Gasteiger charge is -2.18. The van der Waals surface area contributed by atoms with Gasteiger partial charge in [-0.05, 0) is 73.7 Å². The van der Waals surface area contributed by atoms with Gasteiger partial charge in [0.1, 0.15) is 35.0 Å². The van der Waals surface area contributed by atoms with Crippen LogP contribution in [0.25, 0.3) is 77.7 Å². The van der Waals surface area contributed by atoms with Crippen LogP contribution < -0.4 is 0 Å². The van der Waals surface area contributed by atoms with Crippen LogP contribution in [0.1, 0.15) is 29.3 Å². The predicted molar refractivity (Wildman–Crippen MR) is 204 cm³/mol. The molecular weight excluding hydrogens is 649 g/mol. The van der Waals surface area contributed by atoms with Crippen molar-refractivity contribution in [2.75, 3.05) is 0 Å². The SMILES string of the molecule is C#Cc1c(/C=C\C)c2ccc3c4ccccc4n(-c4ccc(C#N)c(-n5c6ccc(F)cc6c6cc(F)ccc65)c4C#N)c3c2n1-c1ccccc1. The van der Waals surface area contributed by atoms with E-state index in [2.05, 4.69) is 45.4 Å². The Hall–Kier alpha value is -7.40. The molecule has 0 bridgehead atoms. The number of aromatic nitrogens is 3. The van der Waals surface area contributed by atoms with E-state index in [1.807, 2.05) is 67.6 Å². The molecule has 0 N–H and O–H groups in total. The monoisotopic (exact) mass is 673 g/mol. The van der Waals surface area contributed by atoms with Crippen molar-refractivity contribution in [2.45, 2.75) is 6.92 Å². The summed E-state index contributed by atoms with van der Waals surface area (Å²) in [5.41, 5.74) is 7.36. The van der Waals surface area contributed by atoms with Crippen LogP contribution in [-0.4, -0.2) is 13.7 Å². The third-order valence-electron chi connectivity index (χ3n) is 9.83. The van der Waals surface area contributed by atoms with Crippen LogP contribution in [0.4, 0.5) is 8.78 Å². The maximum Gasteiger partial charge on any atom is 0.123 e. The summed E-state index contributed by atoms with van der Waals surface area (Å²) in [6.07, 6.45) is 10.3. The number of nitrogens with zero attached hydrogens (tertiary/aromatic N) is 5. The molecule has 0 spiro atoms. The highest BCUT2D eigenvalue weighted by Gasteiger charge is 2.27. The standard InChI is InChI=1S/C45H25F2N5/c1-3-10-31-33-18-19-34-32-13-8-9-14-39(32)52(45(34)44(33)50(38(31)4-2)30-11-6-5-7-12-30)42-20-15-27(25-48)43(37(42)26-49)51-40-21-16-28(46)23-35(40)36-24-29(47)17-22-41(36)51/h2-3,5-24H,1H3/b10-3-. The van der Waals surface area contributed by atoms with Gasteiger partial charge in [0.2, 0.25) is 0 Å². The molecule has 5 nitrogen and oxygen atoms in total. The van der Waals surface area contributed by atoms with Crippen LogP contribution in [0, 0.1) is 46.6 Å². The van der Waals surface area contributed by atoms with Crippen molar-refractivity contribution < 1.29 is 8.78 Å². The molecule has 0 fully saturated rings. The predicted octanol–water partition coefficient (Wildman–Crippen LogP) is 10.9. The summed E-state index contributed by atoms with van der Waals surface area (Å²) in [6.45, 7) is 1.95. The summed E-state index contributed by atoms with van der Waals surface area (Å²) < 4.78 is 35.3. The second kappa shape index (κ2) is 11.6. The summed E-state index contributed by atoms with van der Waals surface area (Å²) >= 11 is 0. The van der Waals surface area contributed by atoms with E-state index in [-0.39, 0.29) is 11.1 Å². The molecule has 0 amide bonds. The summed E-state index contributed by atoms with van der Waals surface area (Å²) in [6, 6.07) is 38.9. The van der Waals surface area contributed by atoms with E-state index in [0.717, 1.165) is 44.0 Å². The Labute approximate surface area is 296 Å². The van der Waals surface area contributed by atoms with Crippen molar-refractivity contribution in [3.8, 4) is 41.5 Å². The third kappa shape index (κ3) is 4.19. The van der Waals surface area contributed by atoms with Crippen molar-refractivity contribution in [1.82, 2.24) is 13.7 Å². The molecule has 244 valence electrons. The highest BCUT2D eigenvalue weighted by atomic mass is 19.1. The number of hydrogen-bond donors (Lipinski definition) is 0. The second-order valence-electron chi connectivity index (χ2n) is 12.5. The Morgan fingerprint density at radius 1 is 0.615 bits per heavy atom. The number of hydrogen-bond acceptors (Lipinski definition) is 2. The average Bonchev–Trinajstić information content (AvgIpc) is 3.79. The number of terminal acetylenes is 1. The molecule has 3 heterocycles. The normalized spacial score (nSPS) is 11.6. The number of para-hydroxylation sites is 2. The fourth-order valence-electron chi connectivity index (χ4n) is 7.82. The van der Waals surface area contributed by atoms with Gasteiger partial charge in [-0.2, -0.15) is 10.5 Å². The topological polar surface area (TPSA) is 62.4 Å². The molecule has 9 rings (SSSR count). The maximum atomic E-state index is 14.7. The maximum absolute atomic E-state index is 14.7. The molecule has 0 saturated carbocycles. The second-order valence-corrected chi connectivity index (χ2v) is 12.5. The number of fused-ring (bicyclic) bond motifs is 8. The summed E-state index contributed by atoms with van der Waals surface area (Å²) in [7, 11) is 0. The van der Waals surface area contributed by atoms with Crippen LogP contribution in [0.5, 0.6) is 0 Å². The van der Waals surface area contributed by atoms with E-state index in [4.69, 9.17) is 6.42 Å². The van der Waals surface area contributed by atoms with Gasteiger partial charge in [0.05, 0.1) is 44.5 Å². The van der Waals surface area contributed by atoms with Crippen LogP contribution in [-0.2, 0) is 0 Å². The molecule has 7 heteroatoms. The molecule has 0 aliphatic carbocycles. The fourth-order valence-corrected chi connectivity index (χ4v) is 7.82. The van der Waals surface area contributed by atoms with Crippen molar-refractivity contribution in [2.24, 2.45) is 0 Å². The number of nitriles is 2. The molecule has 0 radical (unpaired) electrons. The fraction of sp³-hybridized carbons (Fsp3) is 0.0222. The van der Waals surface area contributed by atoms with E-state index in [9.17, 15) is 19.3 Å². The first-order chi connectivity index (χ1) is 25.5. The first-order valence-electron chi connectivity index (χ1n) is 16.6. The number of allylic oxidation sites excluding steroid dienone is 1. The van der Waals surface area contributed by atoms with Gasteiger partial charge >= 0.3 is 0 Å². The van der Waals surface area contributed by atoms with Crippen molar-refractivity contribution in [1.29, 1.82) is 10.5 Å². The Bertz CT molecular complexity index is 3080. The number of benzene rings is 6. The molecule has 52 heavy (non-hydrogen) atoms. The van der Waals surface area contributed by atoms with Gasteiger partial charge in [-0.1, -0.05) is 66.6 Å². The molecule has 9 aromatic rings. The van der Waals surface area contributed by atoms with E-state index in [1.54, 1.807) is 28.8 Å². The Morgan fingerprint density at radius 3 is 1.90 bits per heavy atom. The summed E-state index contributed by atoms with van der Waals surface area (Å²) in [5, 5.41) is 25.4. The van der Waals surface area contributed by atoms with Gasteiger partial charge in [0.25, 0.3) is 0 Å². The van der Waals surface area contributed by atoms with Gasteiger partial charge in [0.15, 0.2) is 0 Å². The van der Waals surface area contributed by atoms with Gasteiger partial charge in [-0.25, -0.2) is 8.78 Å². The lowest BCUT2D eigenvalue weighted by Crippen LogP contribution is -2.07. The minimum absolute atomic E-state index is 0.217. The first-order valence-corrected chi connectivity index (χ1v) is 16.6. The Morgan fingerprint density at radius 2 is 1.25 bits per heavy atom. The molecular formula is C45H25F2N5. The Kier molecular flexibility index (Phi) is 6.83. The minimum atomic E-state index is -0.482. The highest BCUT2D eigenvalue weighted by molar-refractivity contribution is 6.20. The first kappa shape index (κ1) is 30.6. The average molecular weight is 674 g/mol. The van der Waals surface area contributed by atoms with E-state index < -0.39 is 11.6 Å². The van der Waals surface area contributed by atoms with Crippen LogP contribution >= 0.6 is 0 Å². The van der Waals surface area contributed by atoms with Gasteiger partial charge in [-0.3, -0.25) is 4.57 Å². The Balaban J connectivity index is 1.50. The molecule has 0 saturated heterocycles. The molecule has 0 atom stereocenters. The third-order valence-corrected chi connectivity index (χ3v) is 9.83. The van der Waals surface area contributed by atoms with Crippen molar-refractivity contribution >= 4 is 60.6 Å². The molecule has 0 aliphatic heterocycles. The van der Waals surface area contributed by atoms with Crippen molar-refractivity contribution in [3.63, 3.8) is 0 Å². The summed E-state index contributed by atoms with van der Waals surface area (Å²) in [5.74, 6) is 2.00. The molecule has 0 unspecified atom stereocenters. The largest absolute Gasteiger partial charge is 0.307 e. The molecule has 3 aromatic heterocycles. The van der Waals surface area contributed by atoms with E-state index >= 15 is 0 Å². The lowest BCUT2D eigenvalue weighted by molar-refractivity contribution is 0.628. The molecule has 0 aliphatic rings. The van der Waals surface area contributed by atoms with Crippen LogP contribution in [0.15, 0.2) is 121 Å². The van der Waals surface area contributed by atoms with E-state index in [0.29, 0.717) is 38.9 Å². The smallest absolute Gasteiger partial charge is 0.123 e. The van der Waals surface area contributed by atoms with Gasteiger partial charge in [-0.15, -0.1) is 6.42 Å². The van der Waals surface area contributed by atoms with Gasteiger partial charge in [0, 0.05) is 38.2 Å². The van der Waals surface area contributed by atoms with Crippen LogP contribution in [0.3, 0.4) is 0 Å². The highest BCUT2D eigenvalue weighted by Crippen LogP contribution is 2.43. The van der Waals surface area contributed by atoms with Gasteiger partial charge < -0.3 is 9.13 Å². The molecule has 6 aromatic carbocycles. The zero-order valence-electron chi connectivity index (χ0n) is 27.7. The summed E-state index contributed by atoms with van der Waals surface area (Å²) in [4.78, 5) is 0. The van der Waals surface area contributed by atoms with Crippen LogP contribution in [0.2, 0.25) is 0 Å². The lowest BCUT2D eigenvalue weighted by atomic mass is 10.0. The quantitative estimate of drug-likeness (QED) is 0.175. The number of halogens is 2. The minimum Gasteiger partial charge on any atom is -0.307 e. The number of rotatable bonds is 4. The zero-order chi connectivity index (χ0) is 35.7.